The van der Waals surface area contributed by atoms with E-state index in [-0.39, 0.29) is 11.9 Å². The summed E-state index contributed by atoms with van der Waals surface area (Å²) < 4.78 is 0. The number of carbonyl (C=O) groups is 1. The number of hydrogen-bond donors (Lipinski definition) is 1. The highest BCUT2D eigenvalue weighted by Crippen LogP contribution is 2.17. The number of nitrogens with two attached hydrogens (primary N) is 1. The van der Waals surface area contributed by atoms with Gasteiger partial charge < -0.3 is 10.6 Å². The molecule has 0 aliphatic carbocycles. The van der Waals surface area contributed by atoms with Crippen molar-refractivity contribution in [3.8, 4) is 0 Å². The van der Waals surface area contributed by atoms with E-state index < -0.39 is 0 Å². The molecular formula is C12H25N3O. The van der Waals surface area contributed by atoms with Gasteiger partial charge in [-0.25, -0.2) is 0 Å². The number of nitrogens with zero attached hydrogens (tertiary/aromatic N) is 2. The zero-order chi connectivity index (χ0) is 12.1. The molecule has 1 heterocycles. The highest BCUT2D eigenvalue weighted by atomic mass is 16.2. The van der Waals surface area contributed by atoms with Crippen LogP contribution in [0, 0.1) is 0 Å². The van der Waals surface area contributed by atoms with Gasteiger partial charge in [0.2, 0.25) is 5.91 Å². The van der Waals surface area contributed by atoms with Crippen molar-refractivity contribution in [2.75, 3.05) is 26.7 Å². The van der Waals surface area contributed by atoms with Crippen LogP contribution >= 0.6 is 0 Å². The second kappa shape index (κ2) is 6.21. The van der Waals surface area contributed by atoms with Gasteiger partial charge in [-0.2, -0.15) is 0 Å². The van der Waals surface area contributed by atoms with E-state index in [0.29, 0.717) is 12.5 Å². The maximum Gasteiger partial charge on any atom is 0.239 e. The quantitative estimate of drug-likeness (QED) is 0.751. The van der Waals surface area contributed by atoms with Crippen LogP contribution in [-0.4, -0.2) is 54.5 Å². The van der Waals surface area contributed by atoms with Crippen LogP contribution < -0.4 is 5.73 Å². The van der Waals surface area contributed by atoms with Crippen LogP contribution in [0.2, 0.25) is 0 Å². The molecule has 0 radical (unpaired) electrons. The van der Waals surface area contributed by atoms with Crippen LogP contribution in [0.15, 0.2) is 0 Å². The normalized spacial score (nSPS) is 23.4. The Kier molecular flexibility index (Phi) is 5.22. The van der Waals surface area contributed by atoms with Gasteiger partial charge in [0.1, 0.15) is 0 Å². The highest BCUT2D eigenvalue weighted by Gasteiger charge is 2.26. The maximum absolute atomic E-state index is 11.8. The minimum Gasteiger partial charge on any atom is -0.343 e. The first-order chi connectivity index (χ1) is 7.60. The van der Waals surface area contributed by atoms with E-state index >= 15 is 0 Å². The van der Waals surface area contributed by atoms with Gasteiger partial charge in [0, 0.05) is 19.6 Å². The van der Waals surface area contributed by atoms with Crippen molar-refractivity contribution in [2.24, 2.45) is 5.73 Å². The van der Waals surface area contributed by atoms with E-state index in [4.69, 9.17) is 5.73 Å². The topological polar surface area (TPSA) is 49.6 Å². The monoisotopic (exact) mass is 227 g/mol. The third-order valence-electron chi connectivity index (χ3n) is 3.52. The van der Waals surface area contributed by atoms with Gasteiger partial charge in [-0.05, 0) is 32.4 Å². The summed E-state index contributed by atoms with van der Waals surface area (Å²) in [7, 11) is 1.87. The SMILES string of the molecule is CCC(N)C(=O)N(C)CC1CCCN1CC. The van der Waals surface area contributed by atoms with Gasteiger partial charge in [0.05, 0.1) is 6.04 Å². The molecule has 1 rings (SSSR count). The van der Waals surface area contributed by atoms with Crippen LogP contribution in [0.4, 0.5) is 0 Å². The van der Waals surface area contributed by atoms with E-state index in [1.807, 2.05) is 14.0 Å². The molecule has 1 saturated heterocycles. The molecule has 1 amide bonds. The fourth-order valence-electron chi connectivity index (χ4n) is 2.38. The average Bonchev–Trinajstić information content (AvgIpc) is 2.74. The van der Waals surface area contributed by atoms with E-state index in [2.05, 4.69) is 11.8 Å². The minimum atomic E-state index is -0.332. The van der Waals surface area contributed by atoms with Gasteiger partial charge >= 0.3 is 0 Å². The Morgan fingerprint density at radius 1 is 1.56 bits per heavy atom. The number of carbonyl (C=O) groups excluding carboxylic acids is 1. The molecule has 94 valence electrons. The van der Waals surface area contributed by atoms with E-state index in [1.54, 1.807) is 4.90 Å². The fourth-order valence-corrected chi connectivity index (χ4v) is 2.38. The molecule has 2 unspecified atom stereocenters. The third kappa shape index (κ3) is 3.19. The predicted octanol–water partition coefficient (Wildman–Crippen LogP) is 0.666. The first-order valence-electron chi connectivity index (χ1n) is 6.34. The lowest BCUT2D eigenvalue weighted by Crippen LogP contribution is -2.46. The van der Waals surface area contributed by atoms with Gasteiger partial charge in [-0.3, -0.25) is 9.69 Å². The van der Waals surface area contributed by atoms with Crippen molar-refractivity contribution in [2.45, 2.75) is 45.2 Å². The number of amides is 1. The number of likely N-dealkylation sites (tertiary alicyclic amines) is 1. The lowest BCUT2D eigenvalue weighted by atomic mass is 10.1. The summed E-state index contributed by atoms with van der Waals surface area (Å²) in [5, 5.41) is 0. The zero-order valence-electron chi connectivity index (χ0n) is 10.8. The Morgan fingerprint density at radius 2 is 2.25 bits per heavy atom. The summed E-state index contributed by atoms with van der Waals surface area (Å²) in [5.41, 5.74) is 5.75. The molecule has 1 aliphatic rings. The third-order valence-corrected chi connectivity index (χ3v) is 3.52. The molecule has 0 saturated carbocycles. The summed E-state index contributed by atoms with van der Waals surface area (Å²) in [6.45, 7) is 7.19. The van der Waals surface area contributed by atoms with Crippen LogP contribution in [0.3, 0.4) is 0 Å². The molecule has 1 aliphatic heterocycles. The molecule has 16 heavy (non-hydrogen) atoms. The average molecular weight is 227 g/mol. The van der Waals surface area contributed by atoms with E-state index in [1.165, 1.54) is 19.4 Å². The van der Waals surface area contributed by atoms with Crippen molar-refractivity contribution >= 4 is 5.91 Å². The first-order valence-corrected chi connectivity index (χ1v) is 6.34. The smallest absolute Gasteiger partial charge is 0.239 e. The Morgan fingerprint density at radius 3 is 2.81 bits per heavy atom. The lowest BCUT2D eigenvalue weighted by molar-refractivity contribution is -0.132. The van der Waals surface area contributed by atoms with Gasteiger partial charge in [0.15, 0.2) is 0 Å². The largest absolute Gasteiger partial charge is 0.343 e. The zero-order valence-corrected chi connectivity index (χ0v) is 10.8. The van der Waals surface area contributed by atoms with Gasteiger partial charge in [-0.1, -0.05) is 13.8 Å². The highest BCUT2D eigenvalue weighted by molar-refractivity contribution is 5.81. The number of rotatable bonds is 5. The van der Waals surface area contributed by atoms with E-state index in [0.717, 1.165) is 13.1 Å². The molecular weight excluding hydrogens is 202 g/mol. The van der Waals surface area contributed by atoms with Crippen molar-refractivity contribution < 1.29 is 4.79 Å². The second-order valence-electron chi connectivity index (χ2n) is 4.66. The summed E-state index contributed by atoms with van der Waals surface area (Å²) >= 11 is 0. The minimum absolute atomic E-state index is 0.0745. The first kappa shape index (κ1) is 13.5. The predicted molar refractivity (Wildman–Crippen MR) is 66.2 cm³/mol. The summed E-state index contributed by atoms with van der Waals surface area (Å²) in [6, 6.07) is 0.199. The van der Waals surface area contributed by atoms with Gasteiger partial charge in [0.25, 0.3) is 0 Å². The summed E-state index contributed by atoms with van der Waals surface area (Å²) in [6.07, 6.45) is 3.17. The molecule has 0 aromatic carbocycles. The Labute approximate surface area is 98.8 Å². The van der Waals surface area contributed by atoms with Crippen molar-refractivity contribution in [1.29, 1.82) is 0 Å². The molecule has 4 heteroatoms. The van der Waals surface area contributed by atoms with Crippen LogP contribution in [0.1, 0.15) is 33.1 Å². The lowest BCUT2D eigenvalue weighted by Gasteiger charge is -2.29. The molecule has 0 aromatic rings. The summed E-state index contributed by atoms with van der Waals surface area (Å²) in [5.74, 6) is 0.0745. The molecule has 2 atom stereocenters. The Bertz CT molecular complexity index is 232. The fraction of sp³-hybridized carbons (Fsp3) is 0.917. The number of likely N-dealkylation sites (N-methyl/N-ethyl adjacent to an activating group) is 2. The molecule has 0 aromatic heterocycles. The van der Waals surface area contributed by atoms with Crippen LogP contribution in [0.5, 0.6) is 0 Å². The maximum atomic E-state index is 11.8. The van der Waals surface area contributed by atoms with Crippen LogP contribution in [-0.2, 0) is 4.79 Å². The Hall–Kier alpha value is -0.610. The van der Waals surface area contributed by atoms with Crippen molar-refractivity contribution in [1.82, 2.24) is 9.80 Å². The molecule has 2 N–H and O–H groups in total. The molecule has 4 nitrogen and oxygen atoms in total. The van der Waals surface area contributed by atoms with E-state index in [9.17, 15) is 4.79 Å². The van der Waals surface area contributed by atoms with Gasteiger partial charge in [-0.15, -0.1) is 0 Å². The van der Waals surface area contributed by atoms with Crippen molar-refractivity contribution in [3.63, 3.8) is 0 Å². The Balaban J connectivity index is 2.44. The second-order valence-corrected chi connectivity index (χ2v) is 4.66. The number of hydrogen-bond acceptors (Lipinski definition) is 3. The molecule has 0 spiro atoms. The summed E-state index contributed by atoms with van der Waals surface area (Å²) in [4.78, 5) is 16.1. The van der Waals surface area contributed by atoms with Crippen molar-refractivity contribution in [3.05, 3.63) is 0 Å². The molecule has 0 bridgehead atoms. The molecule has 1 fully saturated rings. The standard InChI is InChI=1S/C12H25N3O/c1-4-11(13)12(16)14(3)9-10-7-6-8-15(10)5-2/h10-11H,4-9,13H2,1-3H3. The van der Waals surface area contributed by atoms with Crippen LogP contribution in [0.25, 0.3) is 0 Å².